The lowest BCUT2D eigenvalue weighted by atomic mass is 9.99. The molecule has 0 bridgehead atoms. The maximum absolute atomic E-state index is 12.8. The Bertz CT molecular complexity index is 1040. The first-order chi connectivity index (χ1) is 27.4. The molecule has 1 aliphatic heterocycles. The van der Waals surface area contributed by atoms with Gasteiger partial charge in [0, 0.05) is 13.0 Å². The molecule has 1 rings (SSSR count). The van der Waals surface area contributed by atoms with Gasteiger partial charge in [-0.1, -0.05) is 164 Å². The molecule has 9 nitrogen and oxygen atoms in total. The third kappa shape index (κ3) is 29.2. The lowest BCUT2D eigenvalue weighted by Crippen LogP contribution is -2.59. The second-order valence-corrected chi connectivity index (χ2v) is 15.1. The Kier molecular flexibility index (Phi) is 35.6. The van der Waals surface area contributed by atoms with Gasteiger partial charge in [0.05, 0.1) is 19.8 Å². The minimum absolute atomic E-state index is 0.115. The molecule has 6 unspecified atom stereocenters. The molecular formula is C47H82O9. The summed E-state index contributed by atoms with van der Waals surface area (Å²) < 4.78 is 22.8. The first-order valence-corrected chi connectivity index (χ1v) is 22.4. The number of aliphatic hydroxyl groups is 4. The normalized spacial score (nSPS) is 21.1. The molecule has 0 aromatic heterocycles. The van der Waals surface area contributed by atoms with Gasteiger partial charge in [0.15, 0.2) is 6.29 Å². The molecule has 1 saturated heterocycles. The molecule has 324 valence electrons. The maximum atomic E-state index is 12.8. The van der Waals surface area contributed by atoms with Crippen LogP contribution in [0.2, 0.25) is 0 Å². The van der Waals surface area contributed by atoms with Gasteiger partial charge >= 0.3 is 5.97 Å². The average molecular weight is 791 g/mol. The molecule has 0 radical (unpaired) electrons. The van der Waals surface area contributed by atoms with E-state index in [9.17, 15) is 25.2 Å². The summed E-state index contributed by atoms with van der Waals surface area (Å²) >= 11 is 0. The maximum Gasteiger partial charge on any atom is 0.306 e. The number of hydrogen-bond acceptors (Lipinski definition) is 9. The van der Waals surface area contributed by atoms with Gasteiger partial charge in [-0.15, -0.1) is 0 Å². The van der Waals surface area contributed by atoms with E-state index >= 15 is 0 Å². The molecule has 4 N–H and O–H groups in total. The van der Waals surface area contributed by atoms with Crippen molar-refractivity contribution in [3.05, 3.63) is 60.8 Å². The molecule has 0 aromatic carbocycles. The van der Waals surface area contributed by atoms with E-state index in [0.29, 0.717) is 13.0 Å². The zero-order valence-electron chi connectivity index (χ0n) is 35.4. The Hall–Kier alpha value is -2.11. The van der Waals surface area contributed by atoms with Gasteiger partial charge in [-0.2, -0.15) is 0 Å². The van der Waals surface area contributed by atoms with Crippen LogP contribution in [0.3, 0.4) is 0 Å². The number of carbonyl (C=O) groups excluding carboxylic acids is 1. The van der Waals surface area contributed by atoms with Crippen LogP contribution in [0.5, 0.6) is 0 Å². The number of allylic oxidation sites excluding steroid dienone is 10. The van der Waals surface area contributed by atoms with Crippen molar-refractivity contribution in [1.82, 2.24) is 0 Å². The summed E-state index contributed by atoms with van der Waals surface area (Å²) in [5.41, 5.74) is 0. The number of rotatable bonds is 37. The number of esters is 1. The summed E-state index contributed by atoms with van der Waals surface area (Å²) in [6, 6.07) is 0. The molecule has 9 heteroatoms. The highest BCUT2D eigenvalue weighted by Gasteiger charge is 2.44. The van der Waals surface area contributed by atoms with Gasteiger partial charge in [0.25, 0.3) is 0 Å². The monoisotopic (exact) mass is 791 g/mol. The van der Waals surface area contributed by atoms with Crippen molar-refractivity contribution in [3.63, 3.8) is 0 Å². The van der Waals surface area contributed by atoms with Gasteiger partial charge < -0.3 is 39.4 Å². The molecule has 0 aromatic rings. The first-order valence-electron chi connectivity index (χ1n) is 22.4. The van der Waals surface area contributed by atoms with Crippen LogP contribution in [0.4, 0.5) is 0 Å². The molecule has 0 saturated carbocycles. The second kappa shape index (κ2) is 38.4. The zero-order chi connectivity index (χ0) is 40.7. The molecular weight excluding hydrogens is 709 g/mol. The van der Waals surface area contributed by atoms with E-state index in [-0.39, 0.29) is 19.2 Å². The SMILES string of the molecule is CC/C=C\C/C=C\C/C=C\C/C=C\C/C=C\CCCCOCC(COC1OC(CO)C(O)C(O)C1O)OC(=O)CCCCCCCCCCCCCCCCC. The predicted molar refractivity (Wildman–Crippen MR) is 228 cm³/mol. The Labute approximate surface area is 341 Å². The summed E-state index contributed by atoms with van der Waals surface area (Å²) in [6.07, 6.45) is 41.1. The number of hydrogen-bond donors (Lipinski definition) is 4. The Balaban J connectivity index is 2.31. The van der Waals surface area contributed by atoms with E-state index in [1.807, 2.05) is 0 Å². The van der Waals surface area contributed by atoms with Gasteiger partial charge in [-0.3, -0.25) is 4.79 Å². The third-order valence-electron chi connectivity index (χ3n) is 9.95. The molecule has 6 atom stereocenters. The summed E-state index contributed by atoms with van der Waals surface area (Å²) in [6.45, 7) is 4.34. The van der Waals surface area contributed by atoms with Crippen molar-refractivity contribution in [2.24, 2.45) is 0 Å². The van der Waals surface area contributed by atoms with Crippen LogP contribution >= 0.6 is 0 Å². The van der Waals surface area contributed by atoms with Gasteiger partial charge in [0.1, 0.15) is 30.5 Å². The molecule has 1 fully saturated rings. The topological polar surface area (TPSA) is 135 Å². The minimum atomic E-state index is -1.55. The van der Waals surface area contributed by atoms with Crippen molar-refractivity contribution in [2.75, 3.05) is 26.4 Å². The third-order valence-corrected chi connectivity index (χ3v) is 9.95. The molecule has 1 aliphatic rings. The second-order valence-electron chi connectivity index (χ2n) is 15.1. The highest BCUT2D eigenvalue weighted by atomic mass is 16.7. The fourth-order valence-corrected chi connectivity index (χ4v) is 6.46. The lowest BCUT2D eigenvalue weighted by molar-refractivity contribution is -0.305. The minimum Gasteiger partial charge on any atom is -0.457 e. The summed E-state index contributed by atoms with van der Waals surface area (Å²) in [5, 5.41) is 40.1. The van der Waals surface area contributed by atoms with E-state index in [1.165, 1.54) is 77.0 Å². The quantitative estimate of drug-likeness (QED) is 0.0276. The summed E-state index contributed by atoms with van der Waals surface area (Å²) in [5.74, 6) is -0.330. The van der Waals surface area contributed by atoms with E-state index in [1.54, 1.807) is 0 Å². The van der Waals surface area contributed by atoms with Gasteiger partial charge in [-0.25, -0.2) is 0 Å². The van der Waals surface area contributed by atoms with Crippen molar-refractivity contribution >= 4 is 5.97 Å². The van der Waals surface area contributed by atoms with Crippen LogP contribution in [-0.2, 0) is 23.7 Å². The van der Waals surface area contributed by atoms with Crippen LogP contribution in [0.25, 0.3) is 0 Å². The van der Waals surface area contributed by atoms with Crippen LogP contribution in [0.15, 0.2) is 60.8 Å². The molecule has 0 spiro atoms. The molecule has 0 amide bonds. The largest absolute Gasteiger partial charge is 0.457 e. The van der Waals surface area contributed by atoms with E-state index in [4.69, 9.17) is 18.9 Å². The summed E-state index contributed by atoms with van der Waals surface area (Å²) in [7, 11) is 0. The fourth-order valence-electron chi connectivity index (χ4n) is 6.46. The standard InChI is InChI=1S/C47H82O9/c1-3-5-7-9-11-13-15-17-19-20-21-23-25-27-29-31-33-35-37-53-39-41(40-54-47-46(52)45(51)44(50)42(38-48)56-47)55-43(49)36-34-32-30-28-26-24-22-18-16-14-12-10-8-6-4-2/h5,7,11,13,17,19,21,23,27,29,41-42,44-48,50-52H,3-4,6,8-10,12,14-16,18,20,22,24-26,28,30-40H2,1-2H3/b7-5-,13-11-,19-17-,23-21-,29-27-. The molecule has 0 aliphatic carbocycles. The van der Waals surface area contributed by atoms with Crippen molar-refractivity contribution < 1.29 is 44.2 Å². The smallest absolute Gasteiger partial charge is 0.306 e. The van der Waals surface area contributed by atoms with Crippen LogP contribution < -0.4 is 0 Å². The molecule has 1 heterocycles. The van der Waals surface area contributed by atoms with Gasteiger partial charge in [-0.05, 0) is 57.8 Å². The Morgan fingerprint density at radius 2 is 1.09 bits per heavy atom. The fraction of sp³-hybridized carbons (Fsp3) is 0.766. The Morgan fingerprint density at radius 1 is 0.589 bits per heavy atom. The Morgan fingerprint density at radius 3 is 1.61 bits per heavy atom. The number of ether oxygens (including phenoxy) is 4. The zero-order valence-corrected chi connectivity index (χ0v) is 35.4. The molecule has 56 heavy (non-hydrogen) atoms. The van der Waals surface area contributed by atoms with Crippen LogP contribution in [-0.4, -0.2) is 89.6 Å². The van der Waals surface area contributed by atoms with E-state index < -0.39 is 43.4 Å². The van der Waals surface area contributed by atoms with Gasteiger partial charge in [0.2, 0.25) is 0 Å². The highest BCUT2D eigenvalue weighted by molar-refractivity contribution is 5.69. The van der Waals surface area contributed by atoms with Crippen molar-refractivity contribution in [2.45, 2.75) is 205 Å². The van der Waals surface area contributed by atoms with Crippen LogP contribution in [0.1, 0.15) is 168 Å². The van der Waals surface area contributed by atoms with E-state index in [2.05, 4.69) is 74.6 Å². The van der Waals surface area contributed by atoms with E-state index in [0.717, 1.165) is 70.6 Å². The summed E-state index contributed by atoms with van der Waals surface area (Å²) in [4.78, 5) is 12.8. The first kappa shape index (κ1) is 51.9. The number of unbranched alkanes of at least 4 members (excludes halogenated alkanes) is 16. The number of carbonyl (C=O) groups is 1. The number of aliphatic hydroxyl groups excluding tert-OH is 4. The highest BCUT2D eigenvalue weighted by Crippen LogP contribution is 2.22. The predicted octanol–water partition coefficient (Wildman–Crippen LogP) is 9.91. The van der Waals surface area contributed by atoms with Crippen LogP contribution in [0, 0.1) is 0 Å². The average Bonchev–Trinajstić information content (AvgIpc) is 3.20. The van der Waals surface area contributed by atoms with Crippen molar-refractivity contribution in [3.8, 4) is 0 Å². The lowest BCUT2D eigenvalue weighted by Gasteiger charge is -2.39. The van der Waals surface area contributed by atoms with Crippen molar-refractivity contribution in [1.29, 1.82) is 0 Å².